The van der Waals surface area contributed by atoms with Crippen LogP contribution < -0.4 is 0 Å². The maximum atomic E-state index is 13.1. The van der Waals surface area contributed by atoms with E-state index in [-0.39, 0.29) is 11.9 Å². The lowest BCUT2D eigenvalue weighted by Gasteiger charge is -2.40. The molecule has 0 N–H and O–H groups in total. The predicted octanol–water partition coefficient (Wildman–Crippen LogP) is 3.60. The van der Waals surface area contributed by atoms with Crippen molar-refractivity contribution < 1.29 is 4.79 Å². The van der Waals surface area contributed by atoms with Gasteiger partial charge < -0.3 is 9.80 Å². The topological polar surface area (TPSA) is 41.4 Å². The van der Waals surface area contributed by atoms with Gasteiger partial charge in [0.15, 0.2) is 0 Å². The molecule has 0 radical (unpaired) electrons. The van der Waals surface area contributed by atoms with Gasteiger partial charge in [-0.3, -0.25) is 9.48 Å². The van der Waals surface area contributed by atoms with Gasteiger partial charge in [0.2, 0.25) is 5.91 Å². The van der Waals surface area contributed by atoms with E-state index >= 15 is 0 Å². The summed E-state index contributed by atoms with van der Waals surface area (Å²) in [6, 6.07) is 10.6. The fraction of sp³-hybridized carbons (Fsp3) is 0.565. The predicted molar refractivity (Wildman–Crippen MR) is 113 cm³/mol. The molecular formula is C23H34N4O. The Kier molecular flexibility index (Phi) is 6.55. The smallest absolute Gasteiger partial charge is 0.223 e. The molecule has 0 bridgehead atoms. The SMILES string of the molecule is Cc1nn(CC(C)C)c(C)c1CCC(=O)N1CCN(C)C[C@@H]1c1ccccc1. The summed E-state index contributed by atoms with van der Waals surface area (Å²) in [5.74, 6) is 0.807. The molecule has 3 rings (SSSR count). The molecular weight excluding hydrogens is 348 g/mol. The number of hydrogen-bond donors (Lipinski definition) is 0. The molecule has 1 aromatic heterocycles. The molecule has 1 amide bonds. The second-order valence-electron chi connectivity index (χ2n) is 8.50. The van der Waals surface area contributed by atoms with E-state index in [1.54, 1.807) is 0 Å². The highest BCUT2D eigenvalue weighted by atomic mass is 16.2. The molecule has 2 aromatic rings. The Hall–Kier alpha value is -2.14. The van der Waals surface area contributed by atoms with Gasteiger partial charge in [-0.25, -0.2) is 0 Å². The zero-order valence-corrected chi connectivity index (χ0v) is 18.0. The summed E-state index contributed by atoms with van der Waals surface area (Å²) in [6.07, 6.45) is 1.31. The molecule has 5 heteroatoms. The van der Waals surface area contributed by atoms with Crippen LogP contribution in [0.2, 0.25) is 0 Å². The molecule has 0 saturated carbocycles. The first-order chi connectivity index (χ1) is 13.4. The second kappa shape index (κ2) is 8.91. The van der Waals surface area contributed by atoms with Gasteiger partial charge in [-0.2, -0.15) is 5.10 Å². The van der Waals surface area contributed by atoms with Crippen LogP contribution in [0.4, 0.5) is 0 Å². The van der Waals surface area contributed by atoms with Crippen LogP contribution in [0.5, 0.6) is 0 Å². The number of likely N-dealkylation sites (N-methyl/N-ethyl adjacent to an activating group) is 1. The average molecular weight is 383 g/mol. The molecule has 1 fully saturated rings. The van der Waals surface area contributed by atoms with Crippen molar-refractivity contribution in [2.75, 3.05) is 26.7 Å². The first-order valence-electron chi connectivity index (χ1n) is 10.4. The van der Waals surface area contributed by atoms with E-state index in [1.807, 2.05) is 6.07 Å². The fourth-order valence-corrected chi connectivity index (χ4v) is 4.17. The summed E-state index contributed by atoms with van der Waals surface area (Å²) in [7, 11) is 2.13. The number of amides is 1. The maximum Gasteiger partial charge on any atom is 0.223 e. The Morgan fingerprint density at radius 2 is 1.89 bits per heavy atom. The average Bonchev–Trinajstić information content (AvgIpc) is 2.93. The second-order valence-corrected chi connectivity index (χ2v) is 8.50. The summed E-state index contributed by atoms with van der Waals surface area (Å²) in [5.41, 5.74) is 4.72. The molecule has 28 heavy (non-hydrogen) atoms. The minimum absolute atomic E-state index is 0.137. The highest BCUT2D eigenvalue weighted by Gasteiger charge is 2.30. The Bertz CT molecular complexity index is 796. The first-order valence-corrected chi connectivity index (χ1v) is 10.4. The minimum atomic E-state index is 0.137. The lowest BCUT2D eigenvalue weighted by atomic mass is 10.0. The Morgan fingerprint density at radius 3 is 2.57 bits per heavy atom. The van der Waals surface area contributed by atoms with Crippen molar-refractivity contribution in [3.05, 3.63) is 52.8 Å². The number of carbonyl (C=O) groups excluding carboxylic acids is 1. The molecule has 1 saturated heterocycles. The lowest BCUT2D eigenvalue weighted by molar-refractivity contribution is -0.136. The van der Waals surface area contributed by atoms with Gasteiger partial charge in [0.25, 0.3) is 0 Å². The van der Waals surface area contributed by atoms with Crippen molar-refractivity contribution in [3.63, 3.8) is 0 Å². The third-order valence-corrected chi connectivity index (χ3v) is 5.75. The monoisotopic (exact) mass is 382 g/mol. The number of piperazine rings is 1. The van der Waals surface area contributed by atoms with Crippen molar-refractivity contribution in [1.29, 1.82) is 0 Å². The van der Waals surface area contributed by atoms with Crippen LogP contribution in [0.1, 0.15) is 48.8 Å². The number of hydrogen-bond acceptors (Lipinski definition) is 3. The number of carbonyl (C=O) groups is 1. The summed E-state index contributed by atoms with van der Waals surface area (Å²) in [4.78, 5) is 17.5. The van der Waals surface area contributed by atoms with Crippen LogP contribution in [0, 0.1) is 19.8 Å². The van der Waals surface area contributed by atoms with Crippen LogP contribution in [0.15, 0.2) is 30.3 Å². The first kappa shape index (κ1) is 20.6. The van der Waals surface area contributed by atoms with Crippen LogP contribution >= 0.6 is 0 Å². The molecule has 5 nitrogen and oxygen atoms in total. The van der Waals surface area contributed by atoms with E-state index in [2.05, 4.69) is 73.5 Å². The highest BCUT2D eigenvalue weighted by Crippen LogP contribution is 2.26. The highest BCUT2D eigenvalue weighted by molar-refractivity contribution is 5.77. The van der Waals surface area contributed by atoms with Gasteiger partial charge in [-0.05, 0) is 44.4 Å². The zero-order chi connectivity index (χ0) is 20.3. The van der Waals surface area contributed by atoms with Gasteiger partial charge >= 0.3 is 0 Å². The van der Waals surface area contributed by atoms with Gasteiger partial charge in [0.1, 0.15) is 0 Å². The van der Waals surface area contributed by atoms with E-state index in [0.29, 0.717) is 12.3 Å². The van der Waals surface area contributed by atoms with Crippen molar-refractivity contribution in [2.24, 2.45) is 5.92 Å². The van der Waals surface area contributed by atoms with Crippen LogP contribution in [0.25, 0.3) is 0 Å². The van der Waals surface area contributed by atoms with Gasteiger partial charge in [0.05, 0.1) is 11.7 Å². The Labute approximate surface area is 169 Å². The van der Waals surface area contributed by atoms with Gasteiger partial charge in [-0.1, -0.05) is 44.2 Å². The molecule has 152 valence electrons. The molecule has 1 aliphatic heterocycles. The van der Waals surface area contributed by atoms with E-state index in [4.69, 9.17) is 5.10 Å². The van der Waals surface area contributed by atoms with E-state index in [1.165, 1.54) is 16.8 Å². The quantitative estimate of drug-likeness (QED) is 0.766. The Morgan fingerprint density at radius 1 is 1.18 bits per heavy atom. The van der Waals surface area contributed by atoms with Gasteiger partial charge in [0, 0.05) is 38.3 Å². The zero-order valence-electron chi connectivity index (χ0n) is 18.0. The van der Waals surface area contributed by atoms with Gasteiger partial charge in [-0.15, -0.1) is 0 Å². The van der Waals surface area contributed by atoms with Crippen molar-refractivity contribution in [3.8, 4) is 0 Å². The normalized spacial score (nSPS) is 18.1. The Balaban J connectivity index is 1.71. The third kappa shape index (κ3) is 4.64. The van der Waals surface area contributed by atoms with Crippen LogP contribution in [0.3, 0.4) is 0 Å². The lowest BCUT2D eigenvalue weighted by Crippen LogP contribution is -2.49. The molecule has 0 spiro atoms. The van der Waals surface area contributed by atoms with Crippen molar-refractivity contribution in [1.82, 2.24) is 19.6 Å². The fourth-order valence-electron chi connectivity index (χ4n) is 4.17. The molecule has 1 atom stereocenters. The molecule has 0 aliphatic carbocycles. The standard InChI is InChI=1S/C23H34N4O/c1-17(2)15-27-19(4)21(18(3)24-27)11-12-23(28)26-14-13-25(5)16-22(26)20-9-7-6-8-10-20/h6-10,17,22H,11-16H2,1-5H3/t22-/m1/s1. The van der Waals surface area contributed by atoms with Crippen LogP contribution in [-0.4, -0.2) is 52.2 Å². The van der Waals surface area contributed by atoms with Crippen LogP contribution in [-0.2, 0) is 17.8 Å². The number of benzene rings is 1. The summed E-state index contributed by atoms with van der Waals surface area (Å²) >= 11 is 0. The van der Waals surface area contributed by atoms with E-state index in [0.717, 1.165) is 38.3 Å². The molecule has 1 aliphatic rings. The van der Waals surface area contributed by atoms with Crippen molar-refractivity contribution in [2.45, 2.75) is 53.1 Å². The van der Waals surface area contributed by atoms with E-state index < -0.39 is 0 Å². The largest absolute Gasteiger partial charge is 0.333 e. The third-order valence-electron chi connectivity index (χ3n) is 5.75. The number of aryl methyl sites for hydroxylation is 1. The molecule has 2 heterocycles. The molecule has 1 aromatic carbocycles. The number of aromatic nitrogens is 2. The number of nitrogens with zero attached hydrogens (tertiary/aromatic N) is 4. The summed E-state index contributed by atoms with van der Waals surface area (Å²) in [6.45, 7) is 12.1. The maximum absolute atomic E-state index is 13.1. The summed E-state index contributed by atoms with van der Waals surface area (Å²) < 4.78 is 2.10. The van der Waals surface area contributed by atoms with E-state index in [9.17, 15) is 4.79 Å². The van der Waals surface area contributed by atoms with Crippen molar-refractivity contribution >= 4 is 5.91 Å². The minimum Gasteiger partial charge on any atom is -0.333 e. The molecule has 0 unspecified atom stereocenters. The number of rotatable bonds is 6. The summed E-state index contributed by atoms with van der Waals surface area (Å²) in [5, 5.41) is 4.70.